The zero-order valence-corrected chi connectivity index (χ0v) is 12.3. The zero-order chi connectivity index (χ0) is 14.8. The van der Waals surface area contributed by atoms with Crippen LogP contribution in [0.15, 0.2) is 34.9 Å². The molecule has 1 aromatic carbocycles. The molecular weight excluding hydrogens is 335 g/mol. The Balaban J connectivity index is 2.09. The van der Waals surface area contributed by atoms with Gasteiger partial charge >= 0.3 is 6.18 Å². The monoisotopic (exact) mass is 347 g/mol. The van der Waals surface area contributed by atoms with Gasteiger partial charge in [0.1, 0.15) is 0 Å². The molecule has 0 atom stereocenters. The van der Waals surface area contributed by atoms with Gasteiger partial charge < -0.3 is 5.32 Å². The van der Waals surface area contributed by atoms with Crippen LogP contribution in [0.3, 0.4) is 0 Å². The van der Waals surface area contributed by atoms with E-state index < -0.39 is 11.7 Å². The Kier molecular flexibility index (Phi) is 4.37. The molecule has 0 aliphatic heterocycles. The van der Waals surface area contributed by atoms with Crippen LogP contribution >= 0.6 is 15.9 Å². The van der Waals surface area contributed by atoms with E-state index in [4.69, 9.17) is 0 Å². The number of benzene rings is 1. The second-order valence-electron chi connectivity index (χ2n) is 4.31. The second-order valence-corrected chi connectivity index (χ2v) is 5.23. The molecule has 3 nitrogen and oxygen atoms in total. The van der Waals surface area contributed by atoms with Crippen molar-refractivity contribution in [2.45, 2.75) is 12.6 Å². The summed E-state index contributed by atoms with van der Waals surface area (Å²) in [7, 11) is 1.80. The van der Waals surface area contributed by atoms with E-state index in [9.17, 15) is 13.2 Å². The molecule has 2 rings (SSSR count). The average molecular weight is 348 g/mol. The summed E-state index contributed by atoms with van der Waals surface area (Å²) in [5.74, 6) is 0. The van der Waals surface area contributed by atoms with E-state index in [2.05, 4.69) is 26.3 Å². The Labute approximate surface area is 122 Å². The number of hydrogen-bond donors (Lipinski definition) is 1. The minimum Gasteiger partial charge on any atom is -0.384 e. The lowest BCUT2D eigenvalue weighted by Crippen LogP contribution is -2.13. The van der Waals surface area contributed by atoms with Crippen molar-refractivity contribution in [3.05, 3.63) is 46.2 Å². The summed E-state index contributed by atoms with van der Waals surface area (Å²) >= 11 is 3.18. The van der Waals surface area contributed by atoms with Crippen LogP contribution in [0.2, 0.25) is 0 Å². The molecule has 0 saturated heterocycles. The van der Waals surface area contributed by atoms with Crippen LogP contribution in [0, 0.1) is 0 Å². The molecule has 0 saturated carbocycles. The van der Waals surface area contributed by atoms with Crippen molar-refractivity contribution in [1.29, 1.82) is 0 Å². The Hall–Kier alpha value is -1.50. The van der Waals surface area contributed by atoms with Crippen molar-refractivity contribution in [3.8, 4) is 0 Å². The van der Waals surface area contributed by atoms with Crippen LogP contribution in [0.5, 0.6) is 0 Å². The predicted octanol–water partition coefficient (Wildman–Crippen LogP) is 3.86. The summed E-state index contributed by atoms with van der Waals surface area (Å²) in [6.07, 6.45) is -2.11. The lowest BCUT2D eigenvalue weighted by atomic mass is 10.1. The number of hydrogen-bond acceptors (Lipinski definition) is 2. The van der Waals surface area contributed by atoms with E-state index in [1.54, 1.807) is 17.9 Å². The minimum absolute atomic E-state index is 0.0778. The third-order valence-electron chi connectivity index (χ3n) is 2.91. The fraction of sp³-hybridized carbons (Fsp3) is 0.308. The number of nitrogens with one attached hydrogen (secondary N) is 1. The predicted molar refractivity (Wildman–Crippen MR) is 74.5 cm³/mol. The van der Waals surface area contributed by atoms with Gasteiger partial charge in [-0.05, 0) is 24.3 Å². The topological polar surface area (TPSA) is 29.9 Å². The van der Waals surface area contributed by atoms with E-state index in [0.29, 0.717) is 17.4 Å². The maximum absolute atomic E-state index is 12.9. The van der Waals surface area contributed by atoms with Crippen LogP contribution < -0.4 is 5.32 Å². The largest absolute Gasteiger partial charge is 0.418 e. The van der Waals surface area contributed by atoms with Crippen LogP contribution in [0.4, 0.5) is 18.9 Å². The highest BCUT2D eigenvalue weighted by Crippen LogP contribution is 2.36. The summed E-state index contributed by atoms with van der Waals surface area (Å²) in [4.78, 5) is 0. The Morgan fingerprint density at radius 3 is 2.65 bits per heavy atom. The van der Waals surface area contributed by atoms with E-state index in [1.165, 1.54) is 12.1 Å². The quantitative estimate of drug-likeness (QED) is 0.910. The summed E-state index contributed by atoms with van der Waals surface area (Å²) in [6, 6.07) is 5.73. The minimum atomic E-state index is -4.37. The number of alkyl halides is 3. The van der Waals surface area contributed by atoms with Crippen molar-refractivity contribution < 1.29 is 13.2 Å². The van der Waals surface area contributed by atoms with E-state index in [0.717, 1.165) is 11.8 Å². The molecule has 2 aromatic rings. The van der Waals surface area contributed by atoms with Gasteiger partial charge in [-0.15, -0.1) is 0 Å². The van der Waals surface area contributed by atoms with E-state index in [-0.39, 0.29) is 5.69 Å². The first kappa shape index (κ1) is 14.9. The van der Waals surface area contributed by atoms with Crippen molar-refractivity contribution in [2.24, 2.45) is 7.05 Å². The molecule has 0 radical (unpaired) electrons. The first-order valence-electron chi connectivity index (χ1n) is 5.95. The Morgan fingerprint density at radius 2 is 2.05 bits per heavy atom. The molecule has 0 aliphatic rings. The van der Waals surface area contributed by atoms with Gasteiger partial charge in [0.15, 0.2) is 0 Å². The molecule has 0 amide bonds. The molecular formula is C13H13BrF3N3. The zero-order valence-electron chi connectivity index (χ0n) is 10.7. The van der Waals surface area contributed by atoms with Gasteiger partial charge in [-0.3, -0.25) is 4.68 Å². The number of nitrogens with zero attached hydrogens (tertiary/aromatic N) is 2. The van der Waals surface area contributed by atoms with Crippen LogP contribution in [0.1, 0.15) is 11.3 Å². The highest BCUT2D eigenvalue weighted by atomic mass is 79.9. The van der Waals surface area contributed by atoms with E-state index in [1.807, 2.05) is 6.07 Å². The summed E-state index contributed by atoms with van der Waals surface area (Å²) < 4.78 is 40.9. The van der Waals surface area contributed by atoms with Crippen LogP contribution in [-0.2, 0) is 19.6 Å². The highest BCUT2D eigenvalue weighted by Gasteiger charge is 2.33. The number of rotatable bonds is 4. The van der Waals surface area contributed by atoms with Gasteiger partial charge in [0.2, 0.25) is 0 Å². The van der Waals surface area contributed by atoms with Crippen LogP contribution in [-0.4, -0.2) is 16.3 Å². The molecule has 0 unspecified atom stereocenters. The molecule has 0 spiro atoms. The maximum Gasteiger partial charge on any atom is 0.418 e. The standard InChI is InChI=1S/C13H13BrF3N3/c1-20-10(5-7-19-20)4-6-18-12-8-9(14)2-3-11(12)13(15,16)17/h2-3,5,7-8,18H,4,6H2,1H3. The lowest BCUT2D eigenvalue weighted by Gasteiger charge is -2.15. The summed E-state index contributed by atoms with van der Waals surface area (Å²) in [5, 5.41) is 6.85. The molecule has 0 aliphatic carbocycles. The van der Waals surface area contributed by atoms with Crippen molar-refractivity contribution in [3.63, 3.8) is 0 Å². The SMILES string of the molecule is Cn1nccc1CCNc1cc(Br)ccc1C(F)(F)F. The maximum atomic E-state index is 12.9. The first-order valence-corrected chi connectivity index (χ1v) is 6.75. The fourth-order valence-corrected chi connectivity index (χ4v) is 2.24. The van der Waals surface area contributed by atoms with Gasteiger partial charge in [0.25, 0.3) is 0 Å². The third-order valence-corrected chi connectivity index (χ3v) is 3.40. The first-order chi connectivity index (χ1) is 9.38. The van der Waals surface area contributed by atoms with Crippen LogP contribution in [0.25, 0.3) is 0 Å². The van der Waals surface area contributed by atoms with Crippen molar-refractivity contribution in [2.75, 3.05) is 11.9 Å². The smallest absolute Gasteiger partial charge is 0.384 e. The molecule has 1 aromatic heterocycles. The Bertz CT molecular complexity index is 593. The van der Waals surface area contributed by atoms with Crippen molar-refractivity contribution >= 4 is 21.6 Å². The van der Waals surface area contributed by atoms with Gasteiger partial charge in [0.05, 0.1) is 5.56 Å². The fourth-order valence-electron chi connectivity index (χ4n) is 1.88. The number of aryl methyl sites for hydroxylation is 1. The number of halogens is 4. The van der Waals surface area contributed by atoms with Gasteiger partial charge in [-0.2, -0.15) is 18.3 Å². The van der Waals surface area contributed by atoms with E-state index >= 15 is 0 Å². The molecule has 108 valence electrons. The molecule has 20 heavy (non-hydrogen) atoms. The molecule has 1 heterocycles. The van der Waals surface area contributed by atoms with Crippen molar-refractivity contribution in [1.82, 2.24) is 9.78 Å². The molecule has 7 heteroatoms. The lowest BCUT2D eigenvalue weighted by molar-refractivity contribution is -0.136. The molecule has 0 bridgehead atoms. The number of aromatic nitrogens is 2. The molecule has 0 fully saturated rings. The summed E-state index contributed by atoms with van der Waals surface area (Å²) in [6.45, 7) is 0.402. The highest BCUT2D eigenvalue weighted by molar-refractivity contribution is 9.10. The van der Waals surface area contributed by atoms with Gasteiger partial charge in [-0.25, -0.2) is 0 Å². The normalized spacial score (nSPS) is 11.7. The third kappa shape index (κ3) is 3.53. The Morgan fingerprint density at radius 1 is 1.30 bits per heavy atom. The van der Waals surface area contributed by atoms with Gasteiger partial charge in [-0.1, -0.05) is 15.9 Å². The number of anilines is 1. The molecule has 1 N–H and O–H groups in total. The average Bonchev–Trinajstić information content (AvgIpc) is 2.74. The second kappa shape index (κ2) is 5.87. The summed E-state index contributed by atoms with van der Waals surface area (Å²) in [5.41, 5.74) is 0.376. The van der Waals surface area contributed by atoms with Gasteiger partial charge in [0, 0.05) is 42.1 Å².